The molecule has 0 aliphatic carbocycles. The summed E-state index contributed by atoms with van der Waals surface area (Å²) in [6, 6.07) is 0. The second-order valence-corrected chi connectivity index (χ2v) is 6.88. The van der Waals surface area contributed by atoms with Crippen LogP contribution in [0.3, 0.4) is 0 Å². The van der Waals surface area contributed by atoms with Gasteiger partial charge in [-0.05, 0) is 26.2 Å². The summed E-state index contributed by atoms with van der Waals surface area (Å²) in [6.07, 6.45) is 0.0217. The van der Waals surface area contributed by atoms with E-state index in [0.717, 1.165) is 10.7 Å². The van der Waals surface area contributed by atoms with Crippen LogP contribution < -0.4 is 0 Å². The third-order valence-electron chi connectivity index (χ3n) is 2.81. The second-order valence-electron chi connectivity index (χ2n) is 5.59. The lowest BCUT2D eigenvalue weighted by molar-refractivity contribution is -0.136. The summed E-state index contributed by atoms with van der Waals surface area (Å²) in [5, 5.41) is 0.893. The maximum Gasteiger partial charge on any atom is 0.168 e. The SMILES string of the molecule is CCOC(C(=O)Cc1nc(C)c(C)s1)C(C)(C)C. The lowest BCUT2D eigenvalue weighted by Gasteiger charge is -2.28. The maximum absolute atomic E-state index is 12.3. The standard InChI is InChI=1S/C14H23NO2S/c1-7-17-13(14(4,5)6)11(16)8-12-15-9(2)10(3)18-12/h13H,7-8H2,1-6H3. The number of hydrogen-bond acceptors (Lipinski definition) is 4. The Balaban J connectivity index is 2.79. The normalized spacial score (nSPS) is 13.7. The Morgan fingerprint density at radius 1 is 1.39 bits per heavy atom. The van der Waals surface area contributed by atoms with Crippen LogP contribution in [0.1, 0.15) is 43.3 Å². The van der Waals surface area contributed by atoms with Gasteiger partial charge in [0.2, 0.25) is 0 Å². The Hall–Kier alpha value is -0.740. The average Bonchev–Trinajstić information content (AvgIpc) is 2.52. The third-order valence-corrected chi connectivity index (χ3v) is 3.88. The van der Waals surface area contributed by atoms with Crippen LogP contribution in [0.25, 0.3) is 0 Å². The number of hydrogen-bond donors (Lipinski definition) is 0. The molecule has 0 bridgehead atoms. The number of aryl methyl sites for hydroxylation is 2. The Labute approximate surface area is 114 Å². The summed E-state index contributed by atoms with van der Waals surface area (Å²) < 4.78 is 5.60. The van der Waals surface area contributed by atoms with E-state index < -0.39 is 0 Å². The van der Waals surface area contributed by atoms with Crippen molar-refractivity contribution >= 4 is 17.1 Å². The molecule has 4 heteroatoms. The summed E-state index contributed by atoms with van der Waals surface area (Å²) in [4.78, 5) is 17.9. The van der Waals surface area contributed by atoms with E-state index in [1.807, 2.05) is 41.5 Å². The van der Waals surface area contributed by atoms with Crippen molar-refractivity contribution < 1.29 is 9.53 Å². The van der Waals surface area contributed by atoms with Gasteiger partial charge in [-0.3, -0.25) is 4.79 Å². The number of ether oxygens (including phenoxy) is 1. The second kappa shape index (κ2) is 5.93. The lowest BCUT2D eigenvalue weighted by Crippen LogP contribution is -2.38. The van der Waals surface area contributed by atoms with E-state index in [-0.39, 0.29) is 17.3 Å². The molecule has 0 radical (unpaired) electrons. The lowest BCUT2D eigenvalue weighted by atomic mass is 9.85. The van der Waals surface area contributed by atoms with Crippen LogP contribution in [0.2, 0.25) is 0 Å². The Morgan fingerprint density at radius 3 is 2.39 bits per heavy atom. The van der Waals surface area contributed by atoms with Crippen molar-refractivity contribution in [3.8, 4) is 0 Å². The maximum atomic E-state index is 12.3. The van der Waals surface area contributed by atoms with Gasteiger partial charge in [-0.1, -0.05) is 20.8 Å². The molecule has 1 heterocycles. The molecule has 0 amide bonds. The zero-order valence-corrected chi connectivity index (χ0v) is 13.0. The summed E-state index contributed by atoms with van der Waals surface area (Å²) in [6.45, 7) is 12.6. The Kier molecular flexibility index (Phi) is 5.05. The Morgan fingerprint density at radius 2 is 2.00 bits per heavy atom. The first-order valence-electron chi connectivity index (χ1n) is 6.33. The van der Waals surface area contributed by atoms with Crippen molar-refractivity contribution in [2.75, 3.05) is 6.61 Å². The molecule has 0 aliphatic rings. The van der Waals surface area contributed by atoms with Crippen LogP contribution in [-0.4, -0.2) is 23.5 Å². The number of ketones is 1. The van der Waals surface area contributed by atoms with Crippen LogP contribution in [0, 0.1) is 19.3 Å². The molecule has 0 saturated carbocycles. The summed E-state index contributed by atoms with van der Waals surface area (Å²) >= 11 is 1.60. The molecule has 0 aromatic carbocycles. The van der Waals surface area contributed by atoms with Crippen LogP contribution in [0.4, 0.5) is 0 Å². The summed E-state index contributed by atoms with van der Waals surface area (Å²) in [7, 11) is 0. The van der Waals surface area contributed by atoms with Crippen molar-refractivity contribution in [2.45, 2.75) is 54.1 Å². The smallest absolute Gasteiger partial charge is 0.168 e. The minimum Gasteiger partial charge on any atom is -0.370 e. The highest BCUT2D eigenvalue weighted by Gasteiger charge is 2.32. The largest absolute Gasteiger partial charge is 0.370 e. The van der Waals surface area contributed by atoms with Crippen molar-refractivity contribution in [1.29, 1.82) is 0 Å². The van der Waals surface area contributed by atoms with E-state index in [1.165, 1.54) is 4.88 Å². The highest BCUT2D eigenvalue weighted by molar-refractivity contribution is 7.11. The van der Waals surface area contributed by atoms with Gasteiger partial charge >= 0.3 is 0 Å². The van der Waals surface area contributed by atoms with Crippen molar-refractivity contribution in [3.05, 3.63) is 15.6 Å². The zero-order chi connectivity index (χ0) is 13.9. The van der Waals surface area contributed by atoms with Crippen LogP contribution in [-0.2, 0) is 16.0 Å². The van der Waals surface area contributed by atoms with Crippen molar-refractivity contribution in [3.63, 3.8) is 0 Å². The van der Waals surface area contributed by atoms with Crippen LogP contribution in [0.5, 0.6) is 0 Å². The van der Waals surface area contributed by atoms with Crippen molar-refractivity contribution in [2.24, 2.45) is 5.41 Å². The average molecular weight is 269 g/mol. The van der Waals surface area contributed by atoms with E-state index in [4.69, 9.17) is 4.74 Å². The van der Waals surface area contributed by atoms with Crippen LogP contribution in [0.15, 0.2) is 0 Å². The minimum absolute atomic E-state index is 0.123. The number of carbonyl (C=O) groups excluding carboxylic acids is 1. The molecule has 1 atom stereocenters. The Bertz CT molecular complexity index is 398. The summed E-state index contributed by atoms with van der Waals surface area (Å²) in [5.74, 6) is 0.123. The number of aromatic nitrogens is 1. The minimum atomic E-state index is -0.355. The quantitative estimate of drug-likeness (QED) is 0.823. The number of Topliss-reactive ketones (excluding diaryl/α,β-unsaturated/α-hetero) is 1. The predicted molar refractivity (Wildman–Crippen MR) is 75.2 cm³/mol. The highest BCUT2D eigenvalue weighted by Crippen LogP contribution is 2.25. The van der Waals surface area contributed by atoms with E-state index in [1.54, 1.807) is 11.3 Å². The van der Waals surface area contributed by atoms with Gasteiger partial charge in [-0.25, -0.2) is 4.98 Å². The van der Waals surface area contributed by atoms with E-state index >= 15 is 0 Å². The number of nitrogens with zero attached hydrogens (tertiary/aromatic N) is 1. The third kappa shape index (κ3) is 3.89. The van der Waals surface area contributed by atoms with Gasteiger partial charge in [0.15, 0.2) is 5.78 Å². The first-order chi connectivity index (χ1) is 8.25. The monoisotopic (exact) mass is 269 g/mol. The number of thiazole rings is 1. The highest BCUT2D eigenvalue weighted by atomic mass is 32.1. The first kappa shape index (κ1) is 15.3. The fraction of sp³-hybridized carbons (Fsp3) is 0.714. The van der Waals surface area contributed by atoms with E-state index in [2.05, 4.69) is 4.98 Å². The molecule has 1 rings (SSSR count). The molecular formula is C14H23NO2S. The molecule has 0 spiro atoms. The van der Waals surface area contributed by atoms with E-state index in [0.29, 0.717) is 13.0 Å². The number of rotatable bonds is 5. The predicted octanol–water partition coefficient (Wildman–Crippen LogP) is 3.32. The van der Waals surface area contributed by atoms with Gasteiger partial charge < -0.3 is 4.74 Å². The summed E-state index contributed by atoms with van der Waals surface area (Å²) in [5.41, 5.74) is 0.848. The molecule has 3 nitrogen and oxygen atoms in total. The van der Waals surface area contributed by atoms with Crippen molar-refractivity contribution in [1.82, 2.24) is 4.98 Å². The molecule has 1 aromatic rings. The van der Waals surface area contributed by atoms with Gasteiger partial charge in [-0.15, -0.1) is 11.3 Å². The molecular weight excluding hydrogens is 246 g/mol. The van der Waals surface area contributed by atoms with Gasteiger partial charge in [-0.2, -0.15) is 0 Å². The van der Waals surface area contributed by atoms with Gasteiger partial charge in [0.05, 0.1) is 12.1 Å². The fourth-order valence-corrected chi connectivity index (χ4v) is 2.79. The van der Waals surface area contributed by atoms with Gasteiger partial charge in [0.25, 0.3) is 0 Å². The van der Waals surface area contributed by atoms with Crippen LogP contribution >= 0.6 is 11.3 Å². The van der Waals surface area contributed by atoms with Gasteiger partial charge in [0.1, 0.15) is 11.1 Å². The zero-order valence-electron chi connectivity index (χ0n) is 12.2. The molecule has 18 heavy (non-hydrogen) atoms. The fourth-order valence-electron chi connectivity index (χ4n) is 1.85. The molecule has 1 aromatic heterocycles. The molecule has 1 unspecified atom stereocenters. The molecule has 0 fully saturated rings. The molecule has 0 aliphatic heterocycles. The van der Waals surface area contributed by atoms with Gasteiger partial charge in [0, 0.05) is 11.5 Å². The molecule has 0 N–H and O–H groups in total. The van der Waals surface area contributed by atoms with E-state index in [9.17, 15) is 4.79 Å². The molecule has 102 valence electrons. The molecule has 0 saturated heterocycles. The topological polar surface area (TPSA) is 39.2 Å². The number of carbonyl (C=O) groups is 1. The first-order valence-corrected chi connectivity index (χ1v) is 7.14.